The van der Waals surface area contributed by atoms with Crippen LogP contribution in [0.4, 0.5) is 5.69 Å². The molecule has 0 saturated heterocycles. The van der Waals surface area contributed by atoms with Crippen LogP contribution >= 0.6 is 0 Å². The highest BCUT2D eigenvalue weighted by Crippen LogP contribution is 2.24. The standard InChI is InChI=1S/C23H29N3O2/c1-16(18-7-5-4-6-8-18)11-22(27)24-15-20(26(2)3)13-17-9-10-21-19(12-17)14-23(28)25-21/h4-10,12,16,20H,11,13-15H2,1-3H3,(H,24,27)(H,25,28)/t16-,20+/m1/s1. The van der Waals surface area contributed by atoms with Crippen LogP contribution in [-0.2, 0) is 22.4 Å². The van der Waals surface area contributed by atoms with Crippen LogP contribution in [0, 0.1) is 0 Å². The fourth-order valence-electron chi connectivity index (χ4n) is 3.60. The molecule has 5 heteroatoms. The van der Waals surface area contributed by atoms with Crippen LogP contribution in [0.25, 0.3) is 0 Å². The molecule has 3 rings (SSSR count). The number of nitrogens with zero attached hydrogens (tertiary/aromatic N) is 1. The first-order chi connectivity index (χ1) is 13.4. The Bertz CT molecular complexity index is 833. The summed E-state index contributed by atoms with van der Waals surface area (Å²) in [6.07, 6.45) is 1.75. The predicted octanol–water partition coefficient (Wildman–Crippen LogP) is 2.96. The van der Waals surface area contributed by atoms with Crippen LogP contribution in [-0.4, -0.2) is 43.4 Å². The largest absolute Gasteiger partial charge is 0.355 e. The Balaban J connectivity index is 1.54. The summed E-state index contributed by atoms with van der Waals surface area (Å²) in [5.41, 5.74) is 4.34. The van der Waals surface area contributed by atoms with E-state index in [1.165, 1.54) is 11.1 Å². The van der Waals surface area contributed by atoms with Crippen molar-refractivity contribution in [2.45, 2.75) is 38.1 Å². The summed E-state index contributed by atoms with van der Waals surface area (Å²) in [6.45, 7) is 2.68. The van der Waals surface area contributed by atoms with Crippen LogP contribution in [0.2, 0.25) is 0 Å². The van der Waals surface area contributed by atoms with E-state index in [9.17, 15) is 9.59 Å². The monoisotopic (exact) mass is 379 g/mol. The van der Waals surface area contributed by atoms with Gasteiger partial charge in [0.05, 0.1) is 6.42 Å². The smallest absolute Gasteiger partial charge is 0.228 e. The second-order valence-electron chi connectivity index (χ2n) is 7.86. The number of carbonyl (C=O) groups is 2. The lowest BCUT2D eigenvalue weighted by molar-refractivity contribution is -0.121. The lowest BCUT2D eigenvalue weighted by atomic mass is 9.97. The molecule has 0 unspecified atom stereocenters. The van der Waals surface area contributed by atoms with E-state index in [4.69, 9.17) is 0 Å². The first kappa shape index (κ1) is 20.1. The van der Waals surface area contributed by atoms with Gasteiger partial charge >= 0.3 is 0 Å². The number of amides is 2. The average Bonchev–Trinajstić information content (AvgIpc) is 3.04. The number of rotatable bonds is 8. The van der Waals surface area contributed by atoms with Gasteiger partial charge in [0.15, 0.2) is 0 Å². The van der Waals surface area contributed by atoms with Gasteiger partial charge in [0.25, 0.3) is 0 Å². The molecule has 5 nitrogen and oxygen atoms in total. The zero-order valence-electron chi connectivity index (χ0n) is 16.9. The number of fused-ring (bicyclic) bond motifs is 1. The van der Waals surface area contributed by atoms with Gasteiger partial charge in [0.1, 0.15) is 0 Å². The fraction of sp³-hybridized carbons (Fsp3) is 0.391. The van der Waals surface area contributed by atoms with Crippen molar-refractivity contribution in [1.29, 1.82) is 0 Å². The van der Waals surface area contributed by atoms with E-state index in [0.29, 0.717) is 19.4 Å². The minimum atomic E-state index is 0.0520. The maximum Gasteiger partial charge on any atom is 0.228 e. The summed E-state index contributed by atoms with van der Waals surface area (Å²) < 4.78 is 0. The third-order valence-corrected chi connectivity index (χ3v) is 5.39. The predicted molar refractivity (Wildman–Crippen MR) is 112 cm³/mol. The third kappa shape index (κ3) is 5.20. The lowest BCUT2D eigenvalue weighted by Gasteiger charge is -2.25. The molecule has 2 N–H and O–H groups in total. The minimum absolute atomic E-state index is 0.0520. The van der Waals surface area contributed by atoms with Gasteiger partial charge in [-0.25, -0.2) is 0 Å². The summed E-state index contributed by atoms with van der Waals surface area (Å²) in [6, 6.07) is 16.5. The Morgan fingerprint density at radius 1 is 1.18 bits per heavy atom. The highest BCUT2D eigenvalue weighted by molar-refractivity contribution is 5.99. The minimum Gasteiger partial charge on any atom is -0.355 e. The van der Waals surface area contributed by atoms with Crippen LogP contribution in [0.1, 0.15) is 36.0 Å². The average molecular weight is 380 g/mol. The van der Waals surface area contributed by atoms with Gasteiger partial charge in [0.2, 0.25) is 11.8 Å². The molecule has 1 aliphatic rings. The van der Waals surface area contributed by atoms with Crippen LogP contribution in [0.5, 0.6) is 0 Å². The summed E-state index contributed by atoms with van der Waals surface area (Å²) in [5, 5.41) is 5.96. The van der Waals surface area contributed by atoms with Gasteiger partial charge in [0, 0.05) is 24.7 Å². The van der Waals surface area contributed by atoms with Crippen LogP contribution < -0.4 is 10.6 Å². The van der Waals surface area contributed by atoms with E-state index in [1.54, 1.807) is 0 Å². The first-order valence-electron chi connectivity index (χ1n) is 9.82. The van der Waals surface area contributed by atoms with Gasteiger partial charge in [-0.2, -0.15) is 0 Å². The van der Waals surface area contributed by atoms with E-state index in [0.717, 1.165) is 17.7 Å². The maximum absolute atomic E-state index is 12.4. The Kier molecular flexibility index (Phi) is 6.47. The molecule has 0 saturated carbocycles. The SMILES string of the molecule is C[C@H](CC(=O)NC[C@H](Cc1ccc2c(c1)CC(=O)N2)N(C)C)c1ccccc1. The molecular formula is C23H29N3O2. The summed E-state index contributed by atoms with van der Waals surface area (Å²) >= 11 is 0. The highest BCUT2D eigenvalue weighted by Gasteiger charge is 2.20. The third-order valence-electron chi connectivity index (χ3n) is 5.39. The molecule has 2 atom stereocenters. The van der Waals surface area contributed by atoms with Crippen molar-refractivity contribution in [2.24, 2.45) is 0 Å². The Hall–Kier alpha value is -2.66. The number of nitrogens with one attached hydrogen (secondary N) is 2. The van der Waals surface area contributed by atoms with Gasteiger partial charge in [-0.1, -0.05) is 49.4 Å². The molecule has 2 aromatic rings. The van der Waals surface area contributed by atoms with Crippen molar-refractivity contribution >= 4 is 17.5 Å². The topological polar surface area (TPSA) is 61.4 Å². The van der Waals surface area contributed by atoms with E-state index in [1.807, 2.05) is 38.4 Å². The lowest BCUT2D eigenvalue weighted by Crippen LogP contribution is -2.41. The van der Waals surface area contributed by atoms with Crippen molar-refractivity contribution in [3.8, 4) is 0 Å². The Labute approximate surface area is 167 Å². The molecule has 2 aromatic carbocycles. The maximum atomic E-state index is 12.4. The zero-order chi connectivity index (χ0) is 20.1. The fourth-order valence-corrected chi connectivity index (χ4v) is 3.60. The van der Waals surface area contributed by atoms with Gasteiger partial charge in [-0.3, -0.25) is 9.59 Å². The molecule has 0 fully saturated rings. The molecule has 0 aromatic heterocycles. The van der Waals surface area contributed by atoms with E-state index >= 15 is 0 Å². The summed E-state index contributed by atoms with van der Waals surface area (Å²) in [4.78, 5) is 26.1. The van der Waals surface area contributed by atoms with Crippen molar-refractivity contribution in [3.05, 3.63) is 65.2 Å². The van der Waals surface area contributed by atoms with Gasteiger partial charge in [-0.15, -0.1) is 0 Å². The summed E-state index contributed by atoms with van der Waals surface area (Å²) in [5.74, 6) is 0.323. The van der Waals surface area contributed by atoms with Gasteiger partial charge in [-0.05, 0) is 49.2 Å². The summed E-state index contributed by atoms with van der Waals surface area (Å²) in [7, 11) is 4.06. The number of anilines is 1. The van der Waals surface area contributed by atoms with Crippen LogP contribution in [0.15, 0.2) is 48.5 Å². The normalized spacial score (nSPS) is 15.1. The molecule has 2 amide bonds. The molecule has 0 radical (unpaired) electrons. The Morgan fingerprint density at radius 3 is 2.64 bits per heavy atom. The number of hydrogen-bond acceptors (Lipinski definition) is 3. The molecule has 0 spiro atoms. The second kappa shape index (κ2) is 9.02. The number of benzene rings is 2. The molecule has 1 aliphatic heterocycles. The molecule has 28 heavy (non-hydrogen) atoms. The van der Waals surface area contributed by atoms with Crippen molar-refractivity contribution in [3.63, 3.8) is 0 Å². The van der Waals surface area contributed by atoms with Crippen molar-refractivity contribution < 1.29 is 9.59 Å². The van der Waals surface area contributed by atoms with Gasteiger partial charge < -0.3 is 15.5 Å². The molecule has 0 bridgehead atoms. The van der Waals surface area contributed by atoms with Crippen LogP contribution in [0.3, 0.4) is 0 Å². The van der Waals surface area contributed by atoms with E-state index < -0.39 is 0 Å². The quantitative estimate of drug-likeness (QED) is 0.741. The Morgan fingerprint density at radius 2 is 1.93 bits per heavy atom. The molecule has 1 heterocycles. The molecule has 148 valence electrons. The van der Waals surface area contributed by atoms with E-state index in [-0.39, 0.29) is 23.8 Å². The highest BCUT2D eigenvalue weighted by atomic mass is 16.2. The van der Waals surface area contributed by atoms with E-state index in [2.05, 4.69) is 46.7 Å². The van der Waals surface area contributed by atoms with Crippen molar-refractivity contribution in [2.75, 3.05) is 26.0 Å². The number of hydrogen-bond donors (Lipinski definition) is 2. The molecule has 0 aliphatic carbocycles. The second-order valence-corrected chi connectivity index (χ2v) is 7.86. The number of carbonyl (C=O) groups excluding carboxylic acids is 2. The van der Waals surface area contributed by atoms with Crippen molar-refractivity contribution in [1.82, 2.24) is 10.2 Å². The first-order valence-corrected chi connectivity index (χ1v) is 9.82. The number of likely N-dealkylation sites (N-methyl/N-ethyl adjacent to an activating group) is 1. The molecular weight excluding hydrogens is 350 g/mol. The zero-order valence-corrected chi connectivity index (χ0v) is 16.9.